The van der Waals surface area contributed by atoms with Crippen LogP contribution in [0.3, 0.4) is 0 Å². The van der Waals surface area contributed by atoms with E-state index < -0.39 is 35.0 Å². The van der Waals surface area contributed by atoms with Crippen molar-refractivity contribution in [3.63, 3.8) is 0 Å². The first-order chi connectivity index (χ1) is 15.2. The summed E-state index contributed by atoms with van der Waals surface area (Å²) in [4.78, 5) is 25.4. The van der Waals surface area contributed by atoms with Gasteiger partial charge in [-0.3, -0.25) is 4.79 Å². The van der Waals surface area contributed by atoms with E-state index in [0.29, 0.717) is 31.5 Å². The molecular formula is C22H23F3N4O3. The third kappa shape index (κ3) is 4.22. The van der Waals surface area contributed by atoms with E-state index in [1.807, 2.05) is 0 Å². The van der Waals surface area contributed by atoms with Crippen LogP contribution in [-0.4, -0.2) is 40.6 Å². The van der Waals surface area contributed by atoms with E-state index in [-0.39, 0.29) is 35.8 Å². The summed E-state index contributed by atoms with van der Waals surface area (Å²) in [5.41, 5.74) is 5.12. The van der Waals surface area contributed by atoms with Crippen molar-refractivity contribution >= 4 is 17.6 Å². The Bertz CT molecular complexity index is 1070. The van der Waals surface area contributed by atoms with Gasteiger partial charge in [0.1, 0.15) is 17.5 Å². The second kappa shape index (κ2) is 8.34. The summed E-state index contributed by atoms with van der Waals surface area (Å²) in [6, 6.07) is 5.44. The number of likely N-dealkylation sites (tertiary alicyclic amines) is 1. The number of carbonyl (C=O) groups excluding carboxylic acids is 2. The maximum atomic E-state index is 14.3. The van der Waals surface area contributed by atoms with Gasteiger partial charge >= 0.3 is 6.03 Å². The molecule has 170 valence electrons. The number of piperidine rings is 1. The Kier molecular flexibility index (Phi) is 5.72. The molecule has 2 aromatic carbocycles. The van der Waals surface area contributed by atoms with E-state index in [1.165, 1.54) is 12.1 Å². The minimum atomic E-state index is -1.00. The van der Waals surface area contributed by atoms with Crippen molar-refractivity contribution in [1.29, 1.82) is 0 Å². The van der Waals surface area contributed by atoms with Gasteiger partial charge in [0.05, 0.1) is 17.4 Å². The molecule has 1 fully saturated rings. The van der Waals surface area contributed by atoms with Crippen LogP contribution in [-0.2, 0) is 6.54 Å². The van der Waals surface area contributed by atoms with Gasteiger partial charge in [0.25, 0.3) is 5.91 Å². The quantitative estimate of drug-likeness (QED) is 0.579. The maximum absolute atomic E-state index is 14.3. The number of halogens is 3. The molecule has 4 rings (SSSR count). The van der Waals surface area contributed by atoms with Crippen LogP contribution >= 0.6 is 0 Å². The number of anilines is 1. The highest BCUT2D eigenvalue weighted by Crippen LogP contribution is 2.43. The molecule has 2 aliphatic heterocycles. The summed E-state index contributed by atoms with van der Waals surface area (Å²) in [7, 11) is 0. The molecule has 2 heterocycles. The maximum Gasteiger partial charge on any atom is 0.317 e. The molecule has 1 atom stereocenters. The second-order valence-corrected chi connectivity index (χ2v) is 8.30. The van der Waals surface area contributed by atoms with Crippen LogP contribution in [0.15, 0.2) is 30.3 Å². The van der Waals surface area contributed by atoms with Crippen LogP contribution < -0.4 is 16.4 Å². The number of nitrogens with one attached hydrogen (secondary N) is 2. The molecule has 0 bridgehead atoms. The van der Waals surface area contributed by atoms with Crippen LogP contribution in [0, 0.1) is 17.5 Å². The van der Waals surface area contributed by atoms with Crippen LogP contribution in [0.4, 0.5) is 23.7 Å². The lowest BCUT2D eigenvalue weighted by molar-refractivity contribution is 0.0979. The Balaban J connectivity index is 1.37. The van der Waals surface area contributed by atoms with E-state index in [4.69, 9.17) is 5.73 Å². The SMILES string of the molecule is NC(=O)c1cc(CNC(=O)N2CCC3(CC2)CC(O)c2cc(F)cc(F)c2N3)ccc1F. The molecule has 2 aliphatic rings. The molecule has 7 nitrogen and oxygen atoms in total. The van der Waals surface area contributed by atoms with E-state index in [1.54, 1.807) is 4.90 Å². The van der Waals surface area contributed by atoms with Gasteiger partial charge in [-0.25, -0.2) is 18.0 Å². The monoisotopic (exact) mass is 448 g/mol. The number of aliphatic hydroxyl groups excluding tert-OH is 1. The zero-order valence-corrected chi connectivity index (χ0v) is 17.1. The molecule has 0 radical (unpaired) electrons. The van der Waals surface area contributed by atoms with Crippen molar-refractivity contribution in [2.24, 2.45) is 5.73 Å². The Morgan fingerprint density at radius 3 is 2.56 bits per heavy atom. The highest BCUT2D eigenvalue weighted by atomic mass is 19.1. The average Bonchev–Trinajstić information content (AvgIpc) is 2.74. The van der Waals surface area contributed by atoms with Crippen LogP contribution in [0.2, 0.25) is 0 Å². The minimum Gasteiger partial charge on any atom is -0.388 e. The molecule has 1 unspecified atom stereocenters. The Hall–Kier alpha value is -3.27. The number of amides is 3. The van der Waals surface area contributed by atoms with Crippen molar-refractivity contribution in [3.8, 4) is 0 Å². The summed E-state index contributed by atoms with van der Waals surface area (Å²) in [5, 5.41) is 16.3. The van der Waals surface area contributed by atoms with Crippen molar-refractivity contribution in [2.75, 3.05) is 18.4 Å². The fourth-order valence-electron chi connectivity index (χ4n) is 4.41. The number of aliphatic hydroxyl groups is 1. The molecule has 0 saturated carbocycles. The highest BCUT2D eigenvalue weighted by molar-refractivity contribution is 5.93. The number of primary amides is 1. The van der Waals surface area contributed by atoms with Crippen molar-refractivity contribution in [2.45, 2.75) is 37.5 Å². The molecule has 5 N–H and O–H groups in total. The molecule has 0 aromatic heterocycles. The van der Waals surface area contributed by atoms with E-state index in [2.05, 4.69) is 10.6 Å². The van der Waals surface area contributed by atoms with Crippen LogP contribution in [0.1, 0.15) is 46.9 Å². The van der Waals surface area contributed by atoms with Crippen LogP contribution in [0.25, 0.3) is 0 Å². The third-order valence-corrected chi connectivity index (χ3v) is 6.17. The number of urea groups is 1. The van der Waals surface area contributed by atoms with Gasteiger partial charge in [0, 0.05) is 43.2 Å². The molecule has 32 heavy (non-hydrogen) atoms. The van der Waals surface area contributed by atoms with E-state index >= 15 is 0 Å². The topological polar surface area (TPSA) is 108 Å². The van der Waals surface area contributed by atoms with E-state index in [9.17, 15) is 27.9 Å². The lowest BCUT2D eigenvalue weighted by atomic mass is 9.77. The van der Waals surface area contributed by atoms with Gasteiger partial charge in [-0.2, -0.15) is 0 Å². The summed E-state index contributed by atoms with van der Waals surface area (Å²) in [6.07, 6.45) is 0.213. The number of fused-ring (bicyclic) bond motifs is 1. The van der Waals surface area contributed by atoms with Gasteiger partial charge in [0.2, 0.25) is 0 Å². The fraction of sp³-hybridized carbons (Fsp3) is 0.364. The van der Waals surface area contributed by atoms with Crippen molar-refractivity contribution in [3.05, 3.63) is 64.5 Å². The molecular weight excluding hydrogens is 425 g/mol. The molecule has 10 heteroatoms. The van der Waals surface area contributed by atoms with Gasteiger partial charge in [-0.1, -0.05) is 6.07 Å². The molecule has 0 aliphatic carbocycles. The highest BCUT2D eigenvalue weighted by Gasteiger charge is 2.42. The number of rotatable bonds is 3. The van der Waals surface area contributed by atoms with Gasteiger partial charge in [-0.05, 0) is 36.6 Å². The smallest absolute Gasteiger partial charge is 0.317 e. The summed E-state index contributed by atoms with van der Waals surface area (Å²) in [5.74, 6) is -3.11. The number of nitrogens with zero attached hydrogens (tertiary/aromatic N) is 1. The number of hydrogen-bond acceptors (Lipinski definition) is 4. The predicted molar refractivity (Wildman–Crippen MR) is 110 cm³/mol. The zero-order valence-electron chi connectivity index (χ0n) is 17.1. The zero-order chi connectivity index (χ0) is 23.0. The van der Waals surface area contributed by atoms with Crippen molar-refractivity contribution in [1.82, 2.24) is 10.2 Å². The Labute approximate surface area is 182 Å². The number of nitrogens with two attached hydrogens (primary N) is 1. The molecule has 2 aromatic rings. The summed E-state index contributed by atoms with van der Waals surface area (Å²) < 4.78 is 41.4. The van der Waals surface area contributed by atoms with Gasteiger partial charge < -0.3 is 26.4 Å². The fourth-order valence-corrected chi connectivity index (χ4v) is 4.41. The van der Waals surface area contributed by atoms with Gasteiger partial charge in [0.15, 0.2) is 0 Å². The molecule has 1 saturated heterocycles. The lowest BCUT2D eigenvalue weighted by Gasteiger charge is -2.47. The largest absolute Gasteiger partial charge is 0.388 e. The third-order valence-electron chi connectivity index (χ3n) is 6.17. The second-order valence-electron chi connectivity index (χ2n) is 8.30. The average molecular weight is 448 g/mol. The predicted octanol–water partition coefficient (Wildman–Crippen LogP) is 2.80. The normalized spacial score (nSPS) is 19.2. The van der Waals surface area contributed by atoms with Crippen LogP contribution in [0.5, 0.6) is 0 Å². The Morgan fingerprint density at radius 2 is 1.88 bits per heavy atom. The Morgan fingerprint density at radius 1 is 1.16 bits per heavy atom. The lowest BCUT2D eigenvalue weighted by Crippen LogP contribution is -2.54. The number of hydrogen-bond donors (Lipinski definition) is 4. The first kappa shape index (κ1) is 21.9. The minimum absolute atomic E-state index is 0.0855. The van der Waals surface area contributed by atoms with Gasteiger partial charge in [-0.15, -0.1) is 0 Å². The first-order valence-corrected chi connectivity index (χ1v) is 10.2. The number of benzene rings is 2. The van der Waals surface area contributed by atoms with E-state index in [0.717, 1.165) is 18.2 Å². The number of carbonyl (C=O) groups is 2. The molecule has 1 spiro atoms. The standard InChI is InChI=1S/C22H23F3N4O3/c23-13-8-15-18(30)10-22(28-19(15)17(25)9-13)3-5-29(6-4-22)21(32)27-11-12-1-2-16(24)14(7-12)20(26)31/h1-2,7-9,18,28,30H,3-6,10-11H2,(H2,26,31)(H,27,32). The summed E-state index contributed by atoms with van der Waals surface area (Å²) >= 11 is 0. The first-order valence-electron chi connectivity index (χ1n) is 10.2. The molecule has 3 amide bonds. The summed E-state index contributed by atoms with van der Waals surface area (Å²) in [6.45, 7) is 0.807. The van der Waals surface area contributed by atoms with Crippen molar-refractivity contribution < 1.29 is 27.9 Å².